The lowest BCUT2D eigenvalue weighted by molar-refractivity contribution is 0.415. The third-order valence-electron chi connectivity index (χ3n) is 4.16. The number of benzene rings is 1. The van der Waals surface area contributed by atoms with Crippen molar-refractivity contribution in [1.82, 2.24) is 9.97 Å². The Labute approximate surface area is 137 Å². The predicted molar refractivity (Wildman–Crippen MR) is 93.5 cm³/mol. The summed E-state index contributed by atoms with van der Waals surface area (Å²) in [6, 6.07) is 10.3. The zero-order valence-corrected chi connectivity index (χ0v) is 13.8. The van der Waals surface area contributed by atoms with E-state index in [9.17, 15) is 0 Å². The lowest BCUT2D eigenvalue weighted by Crippen LogP contribution is -2.23. The average Bonchev–Trinajstić information content (AvgIpc) is 2.56. The second kappa shape index (κ2) is 7.31. The third kappa shape index (κ3) is 4.34. The molecule has 0 atom stereocenters. The van der Waals surface area contributed by atoms with Gasteiger partial charge in [-0.1, -0.05) is 19.3 Å². The number of ether oxygens (including phenoxy) is 1. The van der Waals surface area contributed by atoms with Crippen molar-refractivity contribution in [1.29, 1.82) is 0 Å². The van der Waals surface area contributed by atoms with Crippen molar-refractivity contribution in [3.8, 4) is 5.75 Å². The summed E-state index contributed by atoms with van der Waals surface area (Å²) in [7, 11) is 1.67. The van der Waals surface area contributed by atoms with Crippen LogP contribution in [0.5, 0.6) is 5.75 Å². The quantitative estimate of drug-likeness (QED) is 0.863. The first-order valence-corrected chi connectivity index (χ1v) is 8.26. The van der Waals surface area contributed by atoms with E-state index in [0.29, 0.717) is 12.0 Å². The van der Waals surface area contributed by atoms with Crippen LogP contribution in [0.2, 0.25) is 0 Å². The average molecular weight is 312 g/mol. The fourth-order valence-corrected chi connectivity index (χ4v) is 2.95. The van der Waals surface area contributed by atoms with Crippen molar-refractivity contribution >= 4 is 17.5 Å². The molecule has 0 saturated heterocycles. The molecule has 0 amide bonds. The van der Waals surface area contributed by atoms with Gasteiger partial charge in [-0.25, -0.2) is 4.98 Å². The van der Waals surface area contributed by atoms with E-state index in [1.165, 1.54) is 32.1 Å². The molecular weight excluding hydrogens is 288 g/mol. The minimum Gasteiger partial charge on any atom is -0.497 e. The summed E-state index contributed by atoms with van der Waals surface area (Å²) >= 11 is 0. The highest BCUT2D eigenvalue weighted by molar-refractivity contribution is 5.58. The molecule has 1 heterocycles. The molecule has 3 rings (SSSR count). The van der Waals surface area contributed by atoms with Crippen molar-refractivity contribution in [3.63, 3.8) is 0 Å². The molecule has 0 unspecified atom stereocenters. The standard InChI is InChI=1S/C18H24N4O/c1-13-12-17(20-15-8-10-16(23-2)11-9-15)22-18(19-13)21-14-6-4-3-5-7-14/h8-12,14H,3-7H2,1-2H3,(H2,19,20,21,22). The van der Waals surface area contributed by atoms with Crippen molar-refractivity contribution in [2.75, 3.05) is 17.7 Å². The van der Waals surface area contributed by atoms with Crippen LogP contribution in [0.1, 0.15) is 37.8 Å². The van der Waals surface area contributed by atoms with Crippen LogP contribution in [-0.4, -0.2) is 23.1 Å². The van der Waals surface area contributed by atoms with Crippen LogP contribution < -0.4 is 15.4 Å². The van der Waals surface area contributed by atoms with E-state index in [1.54, 1.807) is 7.11 Å². The highest BCUT2D eigenvalue weighted by Crippen LogP contribution is 2.23. The van der Waals surface area contributed by atoms with E-state index < -0.39 is 0 Å². The van der Waals surface area contributed by atoms with Gasteiger partial charge in [-0.15, -0.1) is 0 Å². The van der Waals surface area contributed by atoms with Gasteiger partial charge in [0, 0.05) is 23.5 Å². The second-order valence-electron chi connectivity index (χ2n) is 6.05. The first-order chi connectivity index (χ1) is 11.2. The van der Waals surface area contributed by atoms with Gasteiger partial charge in [0.15, 0.2) is 0 Å². The van der Waals surface area contributed by atoms with Crippen LogP contribution in [-0.2, 0) is 0 Å². The summed E-state index contributed by atoms with van der Waals surface area (Å²) < 4.78 is 5.18. The third-order valence-corrected chi connectivity index (χ3v) is 4.16. The van der Waals surface area contributed by atoms with E-state index >= 15 is 0 Å². The van der Waals surface area contributed by atoms with Crippen LogP contribution in [0.4, 0.5) is 17.5 Å². The highest BCUT2D eigenvalue weighted by Gasteiger charge is 2.14. The summed E-state index contributed by atoms with van der Waals surface area (Å²) in [5.41, 5.74) is 1.93. The van der Waals surface area contributed by atoms with Gasteiger partial charge in [0.25, 0.3) is 0 Å². The van der Waals surface area contributed by atoms with Crippen LogP contribution >= 0.6 is 0 Å². The summed E-state index contributed by atoms with van der Waals surface area (Å²) in [5.74, 6) is 2.36. The van der Waals surface area contributed by atoms with Gasteiger partial charge in [0.1, 0.15) is 11.6 Å². The van der Waals surface area contributed by atoms with Crippen molar-refractivity contribution < 1.29 is 4.74 Å². The maximum absolute atomic E-state index is 5.18. The van der Waals surface area contributed by atoms with Gasteiger partial charge in [0.05, 0.1) is 7.11 Å². The molecule has 0 spiro atoms. The number of methoxy groups -OCH3 is 1. The second-order valence-corrected chi connectivity index (χ2v) is 6.05. The Morgan fingerprint density at radius 3 is 2.48 bits per heavy atom. The van der Waals surface area contributed by atoms with E-state index in [-0.39, 0.29) is 0 Å². The molecule has 0 radical (unpaired) electrons. The summed E-state index contributed by atoms with van der Waals surface area (Å²) in [4.78, 5) is 9.12. The number of anilines is 3. The minimum absolute atomic E-state index is 0.499. The zero-order valence-electron chi connectivity index (χ0n) is 13.8. The molecule has 1 saturated carbocycles. The molecule has 0 aliphatic heterocycles. The number of nitrogens with zero attached hydrogens (tertiary/aromatic N) is 2. The molecule has 5 heteroatoms. The Morgan fingerprint density at radius 2 is 1.78 bits per heavy atom. The van der Waals surface area contributed by atoms with E-state index in [0.717, 1.165) is 22.9 Å². The minimum atomic E-state index is 0.499. The fraction of sp³-hybridized carbons (Fsp3) is 0.444. The predicted octanol–water partition coefficient (Wildman–Crippen LogP) is 4.28. The molecule has 23 heavy (non-hydrogen) atoms. The fourth-order valence-electron chi connectivity index (χ4n) is 2.95. The molecular formula is C18H24N4O. The topological polar surface area (TPSA) is 59.1 Å². The molecule has 1 aromatic heterocycles. The molecule has 0 bridgehead atoms. The van der Waals surface area contributed by atoms with Crippen molar-refractivity contribution in [2.24, 2.45) is 0 Å². The number of nitrogens with one attached hydrogen (secondary N) is 2. The van der Waals surface area contributed by atoms with Crippen LogP contribution in [0.25, 0.3) is 0 Å². The van der Waals surface area contributed by atoms with E-state index in [4.69, 9.17) is 4.74 Å². The normalized spacial score (nSPS) is 15.2. The Morgan fingerprint density at radius 1 is 1.04 bits per heavy atom. The van der Waals surface area contributed by atoms with E-state index in [2.05, 4.69) is 20.6 Å². The molecule has 5 nitrogen and oxygen atoms in total. The van der Waals surface area contributed by atoms with Gasteiger partial charge in [-0.2, -0.15) is 4.98 Å². The molecule has 1 aromatic carbocycles. The summed E-state index contributed by atoms with van der Waals surface area (Å²) in [6.07, 6.45) is 6.34. The van der Waals surface area contributed by atoms with Crippen molar-refractivity contribution in [3.05, 3.63) is 36.0 Å². The van der Waals surface area contributed by atoms with Gasteiger partial charge in [-0.05, 0) is 44.0 Å². The highest BCUT2D eigenvalue weighted by atomic mass is 16.5. The monoisotopic (exact) mass is 312 g/mol. The van der Waals surface area contributed by atoms with Gasteiger partial charge < -0.3 is 15.4 Å². The Kier molecular flexibility index (Phi) is 4.95. The molecule has 2 aromatic rings. The molecule has 122 valence electrons. The maximum atomic E-state index is 5.18. The number of aromatic nitrogens is 2. The lowest BCUT2D eigenvalue weighted by atomic mass is 9.96. The number of hydrogen-bond acceptors (Lipinski definition) is 5. The Balaban J connectivity index is 1.71. The SMILES string of the molecule is COc1ccc(Nc2cc(C)nc(NC3CCCCC3)n2)cc1. The van der Waals surface area contributed by atoms with Crippen LogP contribution in [0, 0.1) is 6.92 Å². The summed E-state index contributed by atoms with van der Waals surface area (Å²) in [5, 5.41) is 6.81. The number of rotatable bonds is 5. The molecule has 1 fully saturated rings. The van der Waals surface area contributed by atoms with Gasteiger partial charge >= 0.3 is 0 Å². The van der Waals surface area contributed by atoms with E-state index in [1.807, 2.05) is 37.3 Å². The molecule has 2 N–H and O–H groups in total. The Hall–Kier alpha value is -2.30. The maximum Gasteiger partial charge on any atom is 0.225 e. The smallest absolute Gasteiger partial charge is 0.225 e. The van der Waals surface area contributed by atoms with Gasteiger partial charge in [0.2, 0.25) is 5.95 Å². The lowest BCUT2D eigenvalue weighted by Gasteiger charge is -2.23. The number of aryl methyl sites for hydroxylation is 1. The summed E-state index contributed by atoms with van der Waals surface area (Å²) in [6.45, 7) is 1.99. The first kappa shape index (κ1) is 15.6. The van der Waals surface area contributed by atoms with Crippen LogP contribution in [0.15, 0.2) is 30.3 Å². The van der Waals surface area contributed by atoms with Gasteiger partial charge in [-0.3, -0.25) is 0 Å². The zero-order chi connectivity index (χ0) is 16.1. The first-order valence-electron chi connectivity index (χ1n) is 8.26. The Bertz CT molecular complexity index is 636. The molecule has 1 aliphatic rings. The molecule has 1 aliphatic carbocycles. The van der Waals surface area contributed by atoms with Crippen molar-refractivity contribution in [2.45, 2.75) is 45.1 Å². The largest absolute Gasteiger partial charge is 0.497 e. The van der Waals surface area contributed by atoms with Crippen LogP contribution in [0.3, 0.4) is 0 Å². The number of hydrogen-bond donors (Lipinski definition) is 2.